The predicted octanol–water partition coefficient (Wildman–Crippen LogP) is 4.47. The van der Waals surface area contributed by atoms with Gasteiger partial charge < -0.3 is 19.7 Å². The lowest BCUT2D eigenvalue weighted by molar-refractivity contribution is -0.195. The fraction of sp³-hybridized carbons (Fsp3) is 0.235. The Bertz CT molecular complexity index is 1420. The summed E-state index contributed by atoms with van der Waals surface area (Å²) in [6.45, 7) is -0.0805. The number of benzene rings is 4. The van der Waals surface area contributed by atoms with E-state index >= 15 is 0 Å². The van der Waals surface area contributed by atoms with Gasteiger partial charge in [-0.05, 0) is 35.1 Å². The van der Waals surface area contributed by atoms with Crippen LogP contribution in [0.4, 0.5) is 0 Å². The number of ether oxygens (including phenoxy) is 2. The van der Waals surface area contributed by atoms with Crippen LogP contribution in [0.15, 0.2) is 115 Å². The first-order chi connectivity index (χ1) is 20.5. The van der Waals surface area contributed by atoms with Crippen LogP contribution in [0.25, 0.3) is 0 Å². The summed E-state index contributed by atoms with van der Waals surface area (Å²) in [5, 5.41) is 22.8. The lowest BCUT2D eigenvalue weighted by atomic mass is 9.80. The summed E-state index contributed by atoms with van der Waals surface area (Å²) < 4.78 is 13.2. The van der Waals surface area contributed by atoms with Crippen molar-refractivity contribution in [2.24, 2.45) is 0 Å². The number of carbonyl (C=O) groups is 2. The van der Waals surface area contributed by atoms with E-state index in [9.17, 15) is 19.8 Å². The molecule has 5 atom stereocenters. The number of aliphatic hydroxyl groups excluding tert-OH is 2. The van der Waals surface area contributed by atoms with E-state index in [0.29, 0.717) is 0 Å². The molecule has 0 aromatic heterocycles. The van der Waals surface area contributed by atoms with Gasteiger partial charge in [0, 0.05) is 0 Å². The summed E-state index contributed by atoms with van der Waals surface area (Å²) in [4.78, 5) is 27.5. The van der Waals surface area contributed by atoms with Gasteiger partial charge in [0.15, 0.2) is 0 Å². The molecular weight excluding hydrogens is 550 g/mol. The van der Waals surface area contributed by atoms with E-state index in [1.165, 1.54) is 11.8 Å². The van der Waals surface area contributed by atoms with Crippen molar-refractivity contribution in [1.82, 2.24) is 4.90 Å². The number of rotatable bonds is 8. The highest BCUT2D eigenvalue weighted by Crippen LogP contribution is 2.42. The smallest absolute Gasteiger partial charge is 0.262 e. The molecule has 0 spiro atoms. The van der Waals surface area contributed by atoms with Crippen molar-refractivity contribution >= 4 is 23.6 Å². The molecule has 42 heavy (non-hydrogen) atoms. The number of aliphatic hydroxyl groups is 2. The van der Waals surface area contributed by atoms with Gasteiger partial charge in [0.2, 0.25) is 0 Å². The Morgan fingerprint density at radius 2 is 1.14 bits per heavy atom. The molecule has 2 amide bonds. The second kappa shape index (κ2) is 11.8. The zero-order chi connectivity index (χ0) is 29.3. The highest BCUT2D eigenvalue weighted by Gasteiger charge is 2.53. The summed E-state index contributed by atoms with van der Waals surface area (Å²) in [5.41, 5.74) is 1.36. The molecule has 1 fully saturated rings. The number of amides is 2. The summed E-state index contributed by atoms with van der Waals surface area (Å²) in [6, 6.07) is 35.0. The van der Waals surface area contributed by atoms with Gasteiger partial charge >= 0.3 is 0 Å². The fourth-order valence-corrected chi connectivity index (χ4v) is 6.79. The molecule has 2 heterocycles. The Morgan fingerprint density at radius 1 is 0.714 bits per heavy atom. The standard InChI is InChI=1S/C34H31NO6S/c1-42-33-28(35-31(38)25-19-11-12-20-26(25)32(35)39)30(37)29(36)27(41-33)21-40-34(22-13-5-2-6-14-22,23-15-7-3-8-16-23)24-17-9-4-10-18-24/h2-20,27-30,33,36-37H,21H2,1H3/t27-,28-,29-,30-,33+/m1/s1. The average molecular weight is 582 g/mol. The summed E-state index contributed by atoms with van der Waals surface area (Å²) in [6.07, 6.45) is -2.05. The van der Waals surface area contributed by atoms with E-state index in [0.717, 1.165) is 21.6 Å². The van der Waals surface area contributed by atoms with Gasteiger partial charge in [0.25, 0.3) is 11.8 Å². The number of carbonyl (C=O) groups excluding carboxylic acids is 2. The number of hydrogen-bond acceptors (Lipinski definition) is 7. The molecule has 2 aliphatic rings. The van der Waals surface area contributed by atoms with Gasteiger partial charge in [-0.3, -0.25) is 14.5 Å². The van der Waals surface area contributed by atoms with Crippen LogP contribution < -0.4 is 0 Å². The van der Waals surface area contributed by atoms with Crippen molar-refractivity contribution in [1.29, 1.82) is 0 Å². The van der Waals surface area contributed by atoms with Crippen LogP contribution in [0.3, 0.4) is 0 Å². The summed E-state index contributed by atoms with van der Waals surface area (Å²) in [7, 11) is 0. The van der Waals surface area contributed by atoms with Gasteiger partial charge in [-0.15, -0.1) is 11.8 Å². The Hall–Kier alpha value is -3.79. The largest absolute Gasteiger partial charge is 0.388 e. The van der Waals surface area contributed by atoms with E-state index in [1.54, 1.807) is 30.5 Å². The maximum Gasteiger partial charge on any atom is 0.262 e. The molecule has 1 saturated heterocycles. The zero-order valence-corrected chi connectivity index (χ0v) is 23.8. The van der Waals surface area contributed by atoms with Crippen LogP contribution in [-0.2, 0) is 15.1 Å². The molecule has 0 unspecified atom stereocenters. The molecule has 4 aromatic carbocycles. The van der Waals surface area contributed by atoms with Crippen LogP contribution in [0, 0.1) is 0 Å². The monoisotopic (exact) mass is 581 g/mol. The SMILES string of the molecule is CS[C@@H]1O[C@H](COC(c2ccccc2)(c2ccccc2)c2ccccc2)[C@@H](O)[C@H](O)[C@H]1N1C(=O)c2ccccc2C1=O. The molecule has 0 aliphatic carbocycles. The first kappa shape index (κ1) is 28.3. The molecule has 8 heteroatoms. The van der Waals surface area contributed by atoms with E-state index in [-0.39, 0.29) is 17.7 Å². The topological polar surface area (TPSA) is 96.3 Å². The van der Waals surface area contributed by atoms with Crippen molar-refractivity contribution in [3.8, 4) is 0 Å². The molecule has 4 aromatic rings. The molecule has 0 bridgehead atoms. The van der Waals surface area contributed by atoms with Crippen LogP contribution in [0.1, 0.15) is 37.4 Å². The maximum absolute atomic E-state index is 13.3. The van der Waals surface area contributed by atoms with E-state index in [4.69, 9.17) is 9.47 Å². The van der Waals surface area contributed by atoms with Gasteiger partial charge in [0.05, 0.1) is 17.7 Å². The second-order valence-corrected chi connectivity index (χ2v) is 11.3. The number of hydrogen-bond donors (Lipinski definition) is 2. The first-order valence-electron chi connectivity index (χ1n) is 13.8. The minimum Gasteiger partial charge on any atom is -0.388 e. The third-order valence-electron chi connectivity index (χ3n) is 8.03. The minimum absolute atomic E-state index is 0.0805. The second-order valence-electron chi connectivity index (χ2n) is 10.4. The normalized spacial score (nSPS) is 24.1. The van der Waals surface area contributed by atoms with Crippen LogP contribution in [0.5, 0.6) is 0 Å². The van der Waals surface area contributed by atoms with Gasteiger partial charge in [-0.25, -0.2) is 0 Å². The molecule has 0 saturated carbocycles. The quantitative estimate of drug-likeness (QED) is 0.234. The molecule has 6 rings (SSSR count). The van der Waals surface area contributed by atoms with Crippen LogP contribution >= 0.6 is 11.8 Å². The van der Waals surface area contributed by atoms with Gasteiger partial charge in [-0.1, -0.05) is 103 Å². The van der Waals surface area contributed by atoms with Crippen molar-refractivity contribution in [2.45, 2.75) is 35.4 Å². The molecule has 214 valence electrons. The summed E-state index contributed by atoms with van der Waals surface area (Å²) in [5.74, 6) is -1.03. The van der Waals surface area contributed by atoms with E-state index < -0.39 is 47.2 Å². The molecule has 2 aliphatic heterocycles. The summed E-state index contributed by atoms with van der Waals surface area (Å²) >= 11 is 1.26. The Balaban J connectivity index is 1.33. The fourth-order valence-electron chi connectivity index (χ4n) is 5.98. The van der Waals surface area contributed by atoms with Crippen molar-refractivity contribution in [3.05, 3.63) is 143 Å². The van der Waals surface area contributed by atoms with E-state index in [1.807, 2.05) is 91.0 Å². The number of imide groups is 1. The Kier molecular flexibility index (Phi) is 7.98. The Morgan fingerprint density at radius 3 is 1.57 bits per heavy atom. The molecule has 2 N–H and O–H groups in total. The van der Waals surface area contributed by atoms with Gasteiger partial charge in [0.1, 0.15) is 35.4 Å². The molecular formula is C34H31NO6S. The average Bonchev–Trinajstić information content (AvgIpc) is 3.30. The zero-order valence-electron chi connectivity index (χ0n) is 22.9. The van der Waals surface area contributed by atoms with Gasteiger partial charge in [-0.2, -0.15) is 0 Å². The van der Waals surface area contributed by atoms with Crippen molar-refractivity contribution in [2.75, 3.05) is 12.9 Å². The van der Waals surface area contributed by atoms with Crippen molar-refractivity contribution in [3.63, 3.8) is 0 Å². The molecule has 7 nitrogen and oxygen atoms in total. The first-order valence-corrected chi connectivity index (χ1v) is 15.1. The number of nitrogens with zero attached hydrogens (tertiary/aromatic N) is 1. The maximum atomic E-state index is 13.3. The third kappa shape index (κ3) is 4.75. The molecule has 0 radical (unpaired) electrons. The minimum atomic E-state index is -1.45. The van der Waals surface area contributed by atoms with E-state index in [2.05, 4.69) is 0 Å². The Labute approximate surface area is 248 Å². The third-order valence-corrected chi connectivity index (χ3v) is 8.88. The lowest BCUT2D eigenvalue weighted by Crippen LogP contribution is -2.64. The highest BCUT2D eigenvalue weighted by atomic mass is 32.2. The highest BCUT2D eigenvalue weighted by molar-refractivity contribution is 7.99. The van der Waals surface area contributed by atoms with Crippen LogP contribution in [0.2, 0.25) is 0 Å². The van der Waals surface area contributed by atoms with Crippen molar-refractivity contribution < 1.29 is 29.3 Å². The predicted molar refractivity (Wildman–Crippen MR) is 160 cm³/mol. The number of thioether (sulfide) groups is 1. The lowest BCUT2D eigenvalue weighted by Gasteiger charge is -2.46. The van der Waals surface area contributed by atoms with Crippen LogP contribution in [-0.4, -0.2) is 69.6 Å². The number of fused-ring (bicyclic) bond motifs is 1.